The van der Waals surface area contributed by atoms with Crippen LogP contribution in [0.2, 0.25) is 0 Å². The van der Waals surface area contributed by atoms with Crippen LogP contribution in [-0.4, -0.2) is 53.9 Å². The van der Waals surface area contributed by atoms with Crippen molar-refractivity contribution < 1.29 is 14.3 Å². The van der Waals surface area contributed by atoms with Crippen LogP contribution in [-0.2, 0) is 11.3 Å². The molecule has 0 spiro atoms. The minimum atomic E-state index is 0.0644. The highest BCUT2D eigenvalue weighted by molar-refractivity contribution is 5.86. The fraction of sp³-hybridized carbons (Fsp3) is 0.609. The third-order valence-corrected chi connectivity index (χ3v) is 6.50. The molecule has 0 bridgehead atoms. The molecule has 1 aromatic carbocycles. The van der Waals surface area contributed by atoms with Crippen molar-refractivity contribution in [2.75, 3.05) is 26.3 Å². The molecule has 0 atom stereocenters. The molecular formula is C23H31N3O3. The normalized spacial score (nSPS) is 21.4. The van der Waals surface area contributed by atoms with Gasteiger partial charge in [0.2, 0.25) is 0 Å². The zero-order chi connectivity index (χ0) is 19.6. The fourth-order valence-electron chi connectivity index (χ4n) is 4.50. The van der Waals surface area contributed by atoms with Gasteiger partial charge in [-0.3, -0.25) is 0 Å². The molecule has 1 N–H and O–H groups in total. The number of likely N-dealkylation sites (tertiary alicyclic amines) is 1. The van der Waals surface area contributed by atoms with Gasteiger partial charge in [0.25, 0.3) is 0 Å². The minimum Gasteiger partial charge on any atom is -0.490 e. The average Bonchev–Trinajstić information content (AvgIpc) is 3.48. The molecule has 156 valence electrons. The van der Waals surface area contributed by atoms with Gasteiger partial charge in [-0.15, -0.1) is 0 Å². The highest BCUT2D eigenvalue weighted by Crippen LogP contribution is 2.34. The summed E-state index contributed by atoms with van der Waals surface area (Å²) in [5.74, 6) is 1.83. The van der Waals surface area contributed by atoms with Gasteiger partial charge in [0, 0.05) is 63.3 Å². The first-order chi connectivity index (χ1) is 14.3. The Morgan fingerprint density at radius 2 is 1.86 bits per heavy atom. The number of nitrogens with zero attached hydrogens (tertiary/aromatic N) is 2. The third kappa shape index (κ3) is 4.37. The number of hydrogen-bond acceptors (Lipinski definition) is 3. The van der Waals surface area contributed by atoms with Crippen molar-refractivity contribution in [1.82, 2.24) is 14.8 Å². The molecule has 5 rings (SSSR count). The second-order valence-corrected chi connectivity index (χ2v) is 8.74. The van der Waals surface area contributed by atoms with Crippen molar-refractivity contribution in [3.05, 3.63) is 30.5 Å². The Labute approximate surface area is 172 Å². The quantitative estimate of drug-likeness (QED) is 0.835. The van der Waals surface area contributed by atoms with Gasteiger partial charge in [-0.25, -0.2) is 4.79 Å². The maximum Gasteiger partial charge on any atom is 0.317 e. The molecule has 3 aliphatic rings. The predicted molar refractivity (Wildman–Crippen MR) is 112 cm³/mol. The van der Waals surface area contributed by atoms with Crippen molar-refractivity contribution >= 4 is 16.9 Å². The van der Waals surface area contributed by atoms with Gasteiger partial charge in [-0.1, -0.05) is 6.07 Å². The molecule has 6 heteroatoms. The molecule has 1 aliphatic carbocycles. The van der Waals surface area contributed by atoms with E-state index in [9.17, 15) is 4.79 Å². The van der Waals surface area contributed by atoms with E-state index in [4.69, 9.17) is 9.47 Å². The number of carbonyl (C=O) groups excluding carboxylic acids is 1. The number of fused-ring (bicyclic) bond motifs is 1. The highest BCUT2D eigenvalue weighted by atomic mass is 16.5. The van der Waals surface area contributed by atoms with E-state index in [-0.39, 0.29) is 18.2 Å². The molecule has 6 nitrogen and oxygen atoms in total. The van der Waals surface area contributed by atoms with E-state index in [2.05, 4.69) is 40.3 Å². The maximum atomic E-state index is 12.5. The number of amides is 2. The van der Waals surface area contributed by atoms with Crippen molar-refractivity contribution in [1.29, 1.82) is 0 Å². The number of benzene rings is 1. The predicted octanol–water partition coefficient (Wildman–Crippen LogP) is 3.78. The largest absolute Gasteiger partial charge is 0.490 e. The molecule has 2 aromatic rings. The number of carbonyl (C=O) groups is 1. The van der Waals surface area contributed by atoms with E-state index in [0.29, 0.717) is 0 Å². The van der Waals surface area contributed by atoms with Crippen molar-refractivity contribution in [3.8, 4) is 5.75 Å². The lowest BCUT2D eigenvalue weighted by atomic mass is 10.1. The number of aromatic nitrogens is 1. The summed E-state index contributed by atoms with van der Waals surface area (Å²) in [5.41, 5.74) is 1.27. The van der Waals surface area contributed by atoms with Crippen molar-refractivity contribution in [2.24, 2.45) is 5.92 Å². The first-order valence-electron chi connectivity index (χ1n) is 11.1. The number of urea groups is 1. The third-order valence-electron chi connectivity index (χ3n) is 6.50. The molecule has 3 heterocycles. The van der Waals surface area contributed by atoms with Gasteiger partial charge in [-0.05, 0) is 49.8 Å². The Bertz CT molecular complexity index is 846. The standard InChI is InChI=1S/C23H31N3O3/c27-23(24-18-9-14-28-15-10-18)25-11-6-19(7-12-25)29-22-3-1-2-21-20(22)8-13-26(21)16-17-4-5-17/h1-3,8,13,17-19H,4-7,9-12,14-16H2,(H,24,27). The summed E-state index contributed by atoms with van der Waals surface area (Å²) in [6.07, 6.45) is 8.65. The number of ether oxygens (including phenoxy) is 2. The number of nitrogens with one attached hydrogen (secondary N) is 1. The Morgan fingerprint density at radius 1 is 1.07 bits per heavy atom. The molecule has 0 radical (unpaired) electrons. The lowest BCUT2D eigenvalue weighted by Gasteiger charge is -2.34. The van der Waals surface area contributed by atoms with Crippen LogP contribution in [0.3, 0.4) is 0 Å². The average molecular weight is 398 g/mol. The molecule has 1 saturated carbocycles. The monoisotopic (exact) mass is 397 g/mol. The van der Waals surface area contributed by atoms with E-state index in [1.54, 1.807) is 0 Å². The van der Waals surface area contributed by atoms with Crippen LogP contribution in [0.5, 0.6) is 5.75 Å². The second-order valence-electron chi connectivity index (χ2n) is 8.74. The summed E-state index contributed by atoms with van der Waals surface area (Å²) in [4.78, 5) is 14.5. The van der Waals surface area contributed by atoms with Gasteiger partial charge in [0.15, 0.2) is 0 Å². The molecule has 0 unspecified atom stereocenters. The Hall–Kier alpha value is -2.21. The van der Waals surface area contributed by atoms with Gasteiger partial charge in [0.1, 0.15) is 11.9 Å². The van der Waals surface area contributed by atoms with E-state index >= 15 is 0 Å². The SMILES string of the molecule is O=C(NC1CCOCC1)N1CCC(Oc2cccc3c2ccn3CC2CC2)CC1. The summed E-state index contributed by atoms with van der Waals surface area (Å²) in [6.45, 7) is 4.11. The van der Waals surface area contributed by atoms with Crippen LogP contribution in [0.25, 0.3) is 10.9 Å². The fourth-order valence-corrected chi connectivity index (χ4v) is 4.50. The molecule has 29 heavy (non-hydrogen) atoms. The molecule has 2 saturated heterocycles. The molecule has 2 amide bonds. The number of rotatable bonds is 5. The summed E-state index contributed by atoms with van der Waals surface area (Å²) in [6, 6.07) is 8.86. The Balaban J connectivity index is 1.16. The van der Waals surface area contributed by atoms with Gasteiger partial charge >= 0.3 is 6.03 Å². The van der Waals surface area contributed by atoms with Crippen molar-refractivity contribution in [2.45, 2.75) is 57.2 Å². The van der Waals surface area contributed by atoms with E-state index in [1.807, 2.05) is 4.90 Å². The van der Waals surface area contributed by atoms with Gasteiger partial charge in [-0.2, -0.15) is 0 Å². The van der Waals surface area contributed by atoms with E-state index in [1.165, 1.54) is 23.7 Å². The van der Waals surface area contributed by atoms with Crippen LogP contribution in [0.1, 0.15) is 38.5 Å². The molecule has 1 aromatic heterocycles. The van der Waals surface area contributed by atoms with E-state index < -0.39 is 0 Å². The van der Waals surface area contributed by atoms with Crippen LogP contribution < -0.4 is 10.1 Å². The summed E-state index contributed by atoms with van der Waals surface area (Å²) >= 11 is 0. The summed E-state index contributed by atoms with van der Waals surface area (Å²) < 4.78 is 14.1. The van der Waals surface area contributed by atoms with Crippen LogP contribution in [0.4, 0.5) is 4.79 Å². The summed E-state index contributed by atoms with van der Waals surface area (Å²) in [5, 5.41) is 4.37. The maximum absolute atomic E-state index is 12.5. The van der Waals surface area contributed by atoms with Gasteiger partial charge in [0.05, 0.1) is 5.52 Å². The Kier molecular flexibility index (Phi) is 5.36. The molecule has 2 aliphatic heterocycles. The first-order valence-corrected chi connectivity index (χ1v) is 11.1. The topological polar surface area (TPSA) is 55.7 Å². The van der Waals surface area contributed by atoms with Crippen molar-refractivity contribution in [3.63, 3.8) is 0 Å². The first kappa shape index (κ1) is 18.8. The van der Waals surface area contributed by atoms with Crippen LogP contribution in [0, 0.1) is 5.92 Å². The zero-order valence-corrected chi connectivity index (χ0v) is 17.0. The molecular weight excluding hydrogens is 366 g/mol. The zero-order valence-electron chi connectivity index (χ0n) is 17.0. The van der Waals surface area contributed by atoms with Crippen LogP contribution in [0.15, 0.2) is 30.5 Å². The minimum absolute atomic E-state index is 0.0644. The number of piperidine rings is 1. The lowest BCUT2D eigenvalue weighted by molar-refractivity contribution is 0.0748. The second kappa shape index (κ2) is 8.27. The van der Waals surface area contributed by atoms with Crippen LogP contribution >= 0.6 is 0 Å². The molecule has 3 fully saturated rings. The smallest absolute Gasteiger partial charge is 0.317 e. The lowest BCUT2D eigenvalue weighted by Crippen LogP contribution is -2.50. The van der Waals surface area contributed by atoms with E-state index in [0.717, 1.165) is 70.2 Å². The number of hydrogen-bond donors (Lipinski definition) is 1. The Morgan fingerprint density at radius 3 is 2.62 bits per heavy atom. The highest BCUT2D eigenvalue weighted by Gasteiger charge is 2.27. The summed E-state index contributed by atoms with van der Waals surface area (Å²) in [7, 11) is 0. The van der Waals surface area contributed by atoms with Gasteiger partial charge < -0.3 is 24.3 Å².